The van der Waals surface area contributed by atoms with Gasteiger partial charge in [-0.05, 0) is 82.0 Å². The molecule has 0 bridgehead atoms. The Balaban J connectivity index is 0.631. The highest BCUT2D eigenvalue weighted by atomic mass is 16.2. The van der Waals surface area contributed by atoms with E-state index in [4.69, 9.17) is 0 Å². The van der Waals surface area contributed by atoms with Crippen molar-refractivity contribution in [3.63, 3.8) is 0 Å². The van der Waals surface area contributed by atoms with Gasteiger partial charge in [-0.25, -0.2) is 9.97 Å². The van der Waals surface area contributed by atoms with Crippen molar-refractivity contribution in [3.8, 4) is 0 Å². The van der Waals surface area contributed by atoms with E-state index in [1.165, 1.54) is 105 Å². The summed E-state index contributed by atoms with van der Waals surface area (Å²) in [5.41, 5.74) is 4.09. The van der Waals surface area contributed by atoms with Crippen LogP contribution in [0.1, 0.15) is 131 Å². The maximum Gasteiger partial charge on any atom is 0.291 e. The molecule has 12 N–H and O–H groups in total. The maximum absolute atomic E-state index is 13.6. The van der Waals surface area contributed by atoms with Crippen LogP contribution in [0.2, 0.25) is 0 Å². The first-order valence-electron chi connectivity index (χ1n) is 33.4. The topological polar surface area (TPSA) is 428 Å². The zero-order valence-corrected chi connectivity index (χ0v) is 60.8. The van der Waals surface area contributed by atoms with Gasteiger partial charge in [0.05, 0.1) is 45.5 Å². The number of aromatic nitrogens is 12. The molecule has 0 fully saturated rings. The van der Waals surface area contributed by atoms with Crippen LogP contribution >= 0.6 is 0 Å². The van der Waals surface area contributed by atoms with Gasteiger partial charge >= 0.3 is 0 Å². The molecule has 0 aliphatic heterocycles. The second kappa shape index (κ2) is 32.7. The van der Waals surface area contributed by atoms with Gasteiger partial charge in [-0.15, -0.1) is 0 Å². The average molecular weight is 1470 g/mol. The van der Waals surface area contributed by atoms with Gasteiger partial charge in [0, 0.05) is 171 Å². The van der Waals surface area contributed by atoms with Crippen molar-refractivity contribution < 1.29 is 57.5 Å². The minimum Gasteiger partial charge on any atom is -0.356 e. The van der Waals surface area contributed by atoms with Crippen LogP contribution in [-0.2, 0) is 80.1 Å². The van der Waals surface area contributed by atoms with E-state index in [9.17, 15) is 57.5 Å². The van der Waals surface area contributed by atoms with Crippen molar-refractivity contribution in [2.24, 2.45) is 70.5 Å². The second-order valence-corrected chi connectivity index (χ2v) is 25.8. The monoisotopic (exact) mass is 1470 g/mol. The van der Waals surface area contributed by atoms with Gasteiger partial charge in [-0.3, -0.25) is 57.5 Å². The molecule has 560 valence electrons. The highest BCUT2D eigenvalue weighted by molar-refractivity contribution is 6.12. The molecule has 0 saturated heterocycles. The van der Waals surface area contributed by atoms with Crippen molar-refractivity contribution in [2.75, 3.05) is 88.1 Å². The van der Waals surface area contributed by atoms with E-state index < -0.39 is 65.0 Å². The molecule has 0 unspecified atom stereocenters. The molecule has 0 atom stereocenters. The summed E-state index contributed by atoms with van der Waals surface area (Å²) in [4.78, 5) is 169. The molecule has 10 aromatic heterocycles. The molecule has 12 amide bonds. The smallest absolute Gasteiger partial charge is 0.291 e. The van der Waals surface area contributed by atoms with Crippen molar-refractivity contribution in [2.45, 2.75) is 25.7 Å². The molecule has 10 aromatic rings. The van der Waals surface area contributed by atoms with Crippen molar-refractivity contribution in [1.82, 2.24) is 76.5 Å². The third-order valence-corrected chi connectivity index (χ3v) is 16.9. The molecular formula is C70H83N25O12. The highest BCUT2D eigenvalue weighted by Crippen LogP contribution is 2.25. The van der Waals surface area contributed by atoms with Crippen LogP contribution in [0.3, 0.4) is 0 Å². The van der Waals surface area contributed by atoms with Crippen LogP contribution in [0.4, 0.5) is 51.3 Å². The molecule has 0 radical (unpaired) electrons. The number of hydrogen-bond acceptors (Lipinski definition) is 15. The Bertz CT molecular complexity index is 5120. The lowest BCUT2D eigenvalue weighted by molar-refractivity contribution is -0.121. The summed E-state index contributed by atoms with van der Waals surface area (Å²) in [7, 11) is 20.2. The minimum absolute atomic E-state index is 0.0271. The Labute approximate surface area is 612 Å². The molecule has 0 spiro atoms. The third-order valence-electron chi connectivity index (χ3n) is 16.9. The summed E-state index contributed by atoms with van der Waals surface area (Å²) in [6, 6.07) is 11.9. The standard InChI is InChI=1S/C70H83N25O12/c1-85(2)21-14-18-71-57(96)16-19-74-62(99)49-24-41(32-88(49)5)76-64(101)51-26-43(34-90(51)7)78-66(103)53-28-45(36-92(53)9)80-68(105)55-30-47(38-94(55)11)82-70(107)60-84-56(39-95(60)12)83-58(97)15-13-17-73-61(98)48-23-40(31-87(48)4)75-63(100)50-25-42(33-89(50)6)77-65(102)52-27-44(35-91(52)8)79-67(104)54-29-46(37-93(54)10)81-69(106)59-72-20-22-86(59)3/h20,22-39H,13-19,21H2,1-12H3,(H,71,96)(H,73,98)(H,74,99)(H,75,100)(H,76,101)(H,77,102)(H,78,103)(H,79,104)(H,80,105)(H,81,106)(H,82,107)(H,83,97). The molecule has 10 heterocycles. The first kappa shape index (κ1) is 75.9. The summed E-state index contributed by atoms with van der Waals surface area (Å²) in [5.74, 6) is -5.57. The van der Waals surface area contributed by atoms with Gasteiger partial charge in [-0.1, -0.05) is 0 Å². The van der Waals surface area contributed by atoms with Crippen molar-refractivity contribution in [3.05, 3.63) is 174 Å². The molecule has 0 aliphatic rings. The number of imidazole rings is 2. The molecule has 0 aliphatic carbocycles. The molecule has 37 nitrogen and oxygen atoms in total. The number of aryl methyl sites for hydroxylation is 10. The van der Waals surface area contributed by atoms with Gasteiger partial charge < -0.3 is 114 Å². The van der Waals surface area contributed by atoms with Crippen LogP contribution in [0.15, 0.2) is 117 Å². The first-order valence-corrected chi connectivity index (χ1v) is 33.4. The number of amides is 12. The Hall–Kier alpha value is -13.7. The molecule has 0 saturated carbocycles. The summed E-state index contributed by atoms with van der Waals surface area (Å²) in [5, 5.41) is 33.1. The van der Waals surface area contributed by atoms with Crippen LogP contribution in [0.5, 0.6) is 0 Å². The molecule has 0 aromatic carbocycles. The number of hydrogen-bond donors (Lipinski definition) is 12. The van der Waals surface area contributed by atoms with Gasteiger partial charge in [-0.2, -0.15) is 0 Å². The zero-order chi connectivity index (χ0) is 77.2. The Morgan fingerprint density at radius 3 is 0.925 bits per heavy atom. The van der Waals surface area contributed by atoms with Gasteiger partial charge in [0.1, 0.15) is 45.6 Å². The average Bonchev–Trinajstić information content (AvgIpc) is 1.68. The number of carbonyl (C=O) groups excluding carboxylic acids is 12. The predicted octanol–water partition coefficient (Wildman–Crippen LogP) is 4.22. The predicted molar refractivity (Wildman–Crippen MR) is 397 cm³/mol. The fourth-order valence-electron chi connectivity index (χ4n) is 11.6. The summed E-state index contributed by atoms with van der Waals surface area (Å²) < 4.78 is 15.2. The summed E-state index contributed by atoms with van der Waals surface area (Å²) >= 11 is 0. The number of rotatable bonds is 30. The van der Waals surface area contributed by atoms with Gasteiger partial charge in [0.15, 0.2) is 11.6 Å². The minimum atomic E-state index is -0.649. The van der Waals surface area contributed by atoms with E-state index in [1.807, 2.05) is 19.0 Å². The highest BCUT2D eigenvalue weighted by Gasteiger charge is 2.26. The lowest BCUT2D eigenvalue weighted by atomic mass is 10.3. The van der Waals surface area contributed by atoms with Crippen LogP contribution < -0.4 is 63.8 Å². The van der Waals surface area contributed by atoms with E-state index in [-0.39, 0.29) is 113 Å². The quantitative estimate of drug-likeness (QED) is 0.0281. The van der Waals surface area contributed by atoms with E-state index in [0.717, 1.165) is 13.0 Å². The van der Waals surface area contributed by atoms with Crippen LogP contribution in [0.25, 0.3) is 0 Å². The normalized spacial score (nSPS) is 11.1. The molecule has 37 heteroatoms. The van der Waals surface area contributed by atoms with E-state index in [1.54, 1.807) is 128 Å². The Morgan fingerprint density at radius 2 is 0.607 bits per heavy atom. The second-order valence-electron chi connectivity index (χ2n) is 25.8. The SMILES string of the molecule is CN(C)CCCNC(=O)CCNC(=O)c1cc(NC(=O)c2cc(NC(=O)c3cc(NC(=O)c4cc(NC(=O)c5nc(NC(=O)CCCNC(=O)c6cc(NC(=O)c7cc(NC(=O)c8cc(NC(=O)c9cc(NC(=O)c%10nccn%10C)cn9C)cn8C)cn7C)cn6C)cn5C)cn4C)cn3C)cn2C)cn1C. The number of carbonyl (C=O) groups is 12. The van der Waals surface area contributed by atoms with Crippen LogP contribution in [-0.4, -0.2) is 172 Å². The van der Waals surface area contributed by atoms with Crippen molar-refractivity contribution in [1.29, 1.82) is 0 Å². The summed E-state index contributed by atoms with van der Waals surface area (Å²) in [6.45, 7) is 1.60. The third kappa shape index (κ3) is 18.7. The molecular weight excluding hydrogens is 1380 g/mol. The van der Waals surface area contributed by atoms with E-state index in [0.29, 0.717) is 40.7 Å². The van der Waals surface area contributed by atoms with E-state index in [2.05, 4.69) is 73.8 Å². The number of nitrogens with one attached hydrogen (secondary N) is 12. The number of nitrogens with zero attached hydrogens (tertiary/aromatic N) is 13. The van der Waals surface area contributed by atoms with Crippen LogP contribution in [0, 0.1) is 0 Å². The Morgan fingerprint density at radius 1 is 0.308 bits per heavy atom. The summed E-state index contributed by atoms with van der Waals surface area (Å²) in [6.07, 6.45) is 18.1. The largest absolute Gasteiger partial charge is 0.356 e. The first-order chi connectivity index (χ1) is 50.8. The van der Waals surface area contributed by atoms with Crippen molar-refractivity contribution >= 4 is 122 Å². The Kier molecular flexibility index (Phi) is 23.2. The molecule has 107 heavy (non-hydrogen) atoms. The number of anilines is 9. The molecule has 10 rings (SSSR count). The lowest BCUT2D eigenvalue weighted by Crippen LogP contribution is -2.32. The fraction of sp³-hybridized carbons (Fsp3) is 0.286. The zero-order valence-electron chi connectivity index (χ0n) is 60.8. The van der Waals surface area contributed by atoms with Gasteiger partial charge in [0.25, 0.3) is 59.1 Å². The lowest BCUT2D eigenvalue weighted by Gasteiger charge is -2.10. The fourth-order valence-corrected chi connectivity index (χ4v) is 11.6. The maximum atomic E-state index is 13.6. The van der Waals surface area contributed by atoms with E-state index >= 15 is 0 Å². The van der Waals surface area contributed by atoms with Gasteiger partial charge in [0.2, 0.25) is 17.6 Å².